The van der Waals surface area contributed by atoms with Gasteiger partial charge in [-0.2, -0.15) is 0 Å². The number of rotatable bonds is 8. The van der Waals surface area contributed by atoms with Crippen molar-refractivity contribution in [2.24, 2.45) is 0 Å². The molecule has 0 bridgehead atoms. The molecular formula is C60H40N2O. The van der Waals surface area contributed by atoms with E-state index in [0.717, 1.165) is 78.1 Å². The third kappa shape index (κ3) is 6.38. The summed E-state index contributed by atoms with van der Waals surface area (Å²) in [6, 6.07) is 86.9. The van der Waals surface area contributed by atoms with Crippen molar-refractivity contribution < 1.29 is 4.42 Å². The van der Waals surface area contributed by atoms with Gasteiger partial charge in [0.05, 0.1) is 11.0 Å². The van der Waals surface area contributed by atoms with E-state index in [1.165, 1.54) is 32.9 Å². The smallest absolute Gasteiger partial charge is 0.143 e. The van der Waals surface area contributed by atoms with Crippen molar-refractivity contribution in [1.29, 1.82) is 0 Å². The largest absolute Gasteiger partial charge is 0.455 e. The van der Waals surface area contributed by atoms with Crippen molar-refractivity contribution in [1.82, 2.24) is 4.57 Å². The van der Waals surface area contributed by atoms with Crippen molar-refractivity contribution in [3.05, 3.63) is 243 Å². The summed E-state index contributed by atoms with van der Waals surface area (Å²) in [5.41, 5.74) is 17.7. The molecule has 63 heavy (non-hydrogen) atoms. The normalized spacial score (nSPS) is 11.5. The van der Waals surface area contributed by atoms with E-state index in [1.54, 1.807) is 0 Å². The van der Waals surface area contributed by atoms with Crippen LogP contribution in [0.5, 0.6) is 0 Å². The van der Waals surface area contributed by atoms with Gasteiger partial charge < -0.3 is 13.9 Å². The van der Waals surface area contributed by atoms with Crippen molar-refractivity contribution in [3.63, 3.8) is 0 Å². The fraction of sp³-hybridized carbons (Fsp3) is 0. The zero-order valence-corrected chi connectivity index (χ0v) is 34.4. The maximum absolute atomic E-state index is 6.85. The van der Waals surface area contributed by atoms with Crippen LogP contribution in [0, 0.1) is 0 Å². The standard InChI is InChI=1S/C60H40N2O/c1-4-16-41(17-5-1)42-32-35-49(36-33-42)61(47-21-6-2-7-22-47)50-25-13-19-44(39-50)43-18-12-20-45(38-43)51-27-15-31-58-59(51)55-29-14-28-52(60(55)63-58)46-34-37-54-53-26-10-11-30-56(53)62(57(54)40-46)48-23-8-3-9-24-48/h1-40H. The Labute approximate surface area is 366 Å². The topological polar surface area (TPSA) is 21.3 Å². The van der Waals surface area contributed by atoms with E-state index in [2.05, 4.69) is 252 Å². The lowest BCUT2D eigenvalue weighted by Crippen LogP contribution is -2.09. The van der Waals surface area contributed by atoms with Gasteiger partial charge in [0, 0.05) is 49.9 Å². The van der Waals surface area contributed by atoms with Gasteiger partial charge in [0.25, 0.3) is 0 Å². The molecule has 0 saturated carbocycles. The lowest BCUT2D eigenvalue weighted by molar-refractivity contribution is 0.670. The van der Waals surface area contributed by atoms with Crippen LogP contribution in [0.3, 0.4) is 0 Å². The summed E-state index contributed by atoms with van der Waals surface area (Å²) in [4.78, 5) is 2.33. The number of para-hydroxylation sites is 4. The van der Waals surface area contributed by atoms with Gasteiger partial charge in [-0.15, -0.1) is 0 Å². The highest BCUT2D eigenvalue weighted by molar-refractivity contribution is 6.16. The maximum Gasteiger partial charge on any atom is 0.143 e. The summed E-state index contributed by atoms with van der Waals surface area (Å²) in [7, 11) is 0. The third-order valence-corrected chi connectivity index (χ3v) is 12.4. The van der Waals surface area contributed by atoms with Crippen LogP contribution in [0.4, 0.5) is 17.1 Å². The Bertz CT molecular complexity index is 3600. The van der Waals surface area contributed by atoms with Crippen molar-refractivity contribution >= 4 is 60.8 Å². The third-order valence-electron chi connectivity index (χ3n) is 12.4. The maximum atomic E-state index is 6.85. The fourth-order valence-corrected chi connectivity index (χ4v) is 9.46. The van der Waals surface area contributed by atoms with Crippen molar-refractivity contribution in [3.8, 4) is 50.2 Å². The Hall–Kier alpha value is -8.40. The Balaban J connectivity index is 0.937. The molecule has 0 radical (unpaired) electrons. The van der Waals surface area contributed by atoms with Gasteiger partial charge >= 0.3 is 0 Å². The van der Waals surface area contributed by atoms with Crippen LogP contribution in [-0.4, -0.2) is 4.57 Å². The van der Waals surface area contributed by atoms with E-state index in [9.17, 15) is 0 Å². The van der Waals surface area contributed by atoms with Crippen LogP contribution in [0.2, 0.25) is 0 Å². The SMILES string of the molecule is c1ccc(-c2ccc(N(c3ccccc3)c3cccc(-c4cccc(-c5cccc6oc7c(-c8ccc9c%10ccccc%10n(-c%10ccccc%10)c9c8)cccc7c56)c4)c3)cc2)cc1. The van der Waals surface area contributed by atoms with E-state index in [4.69, 9.17) is 4.42 Å². The molecule has 0 saturated heterocycles. The highest BCUT2D eigenvalue weighted by Crippen LogP contribution is 2.43. The molecule has 0 fully saturated rings. The second-order valence-electron chi connectivity index (χ2n) is 16.1. The van der Waals surface area contributed by atoms with E-state index >= 15 is 0 Å². The van der Waals surface area contributed by atoms with Crippen LogP contribution in [0.25, 0.3) is 93.9 Å². The van der Waals surface area contributed by atoms with Gasteiger partial charge in [0.1, 0.15) is 11.2 Å². The van der Waals surface area contributed by atoms with Gasteiger partial charge in [0.2, 0.25) is 0 Å². The van der Waals surface area contributed by atoms with Crippen LogP contribution < -0.4 is 4.90 Å². The fourth-order valence-electron chi connectivity index (χ4n) is 9.46. The van der Waals surface area contributed by atoms with E-state index in [1.807, 2.05) is 0 Å². The molecule has 12 aromatic rings. The predicted octanol–water partition coefficient (Wildman–Crippen LogP) is 16.8. The first-order valence-electron chi connectivity index (χ1n) is 21.5. The Morgan fingerprint density at radius 1 is 0.317 bits per heavy atom. The molecule has 0 amide bonds. The highest BCUT2D eigenvalue weighted by atomic mass is 16.3. The first-order valence-corrected chi connectivity index (χ1v) is 21.5. The molecule has 0 aliphatic heterocycles. The molecule has 0 aliphatic carbocycles. The minimum absolute atomic E-state index is 0.874. The molecule has 12 rings (SSSR count). The first-order chi connectivity index (χ1) is 31.2. The summed E-state index contributed by atoms with van der Waals surface area (Å²) in [5, 5.41) is 4.69. The molecule has 296 valence electrons. The number of hydrogen-bond acceptors (Lipinski definition) is 2. The number of aromatic nitrogens is 1. The quantitative estimate of drug-likeness (QED) is 0.153. The number of anilines is 3. The minimum Gasteiger partial charge on any atom is -0.455 e. The Kier molecular flexibility index (Phi) is 8.83. The van der Waals surface area contributed by atoms with Gasteiger partial charge in [-0.25, -0.2) is 0 Å². The second-order valence-corrected chi connectivity index (χ2v) is 16.1. The lowest BCUT2D eigenvalue weighted by Gasteiger charge is -2.26. The molecule has 3 nitrogen and oxygen atoms in total. The summed E-state index contributed by atoms with van der Waals surface area (Å²) in [5.74, 6) is 0. The minimum atomic E-state index is 0.874. The summed E-state index contributed by atoms with van der Waals surface area (Å²) >= 11 is 0. The molecule has 0 aliphatic rings. The molecule has 2 aromatic heterocycles. The summed E-state index contributed by atoms with van der Waals surface area (Å²) in [6.07, 6.45) is 0. The zero-order chi connectivity index (χ0) is 41.7. The molecule has 0 spiro atoms. The molecule has 3 heteroatoms. The van der Waals surface area contributed by atoms with Crippen LogP contribution >= 0.6 is 0 Å². The van der Waals surface area contributed by atoms with E-state index in [-0.39, 0.29) is 0 Å². The average molecular weight is 805 g/mol. The van der Waals surface area contributed by atoms with Crippen LogP contribution in [0.15, 0.2) is 247 Å². The number of hydrogen-bond donors (Lipinski definition) is 0. The number of fused-ring (bicyclic) bond motifs is 6. The first kappa shape index (κ1) is 36.5. The summed E-state index contributed by atoms with van der Waals surface area (Å²) < 4.78 is 9.22. The number of furan rings is 1. The molecular weight excluding hydrogens is 765 g/mol. The van der Waals surface area contributed by atoms with Gasteiger partial charge in [0.15, 0.2) is 0 Å². The van der Waals surface area contributed by atoms with E-state index < -0.39 is 0 Å². The molecule has 10 aromatic carbocycles. The number of nitrogens with zero attached hydrogens (tertiary/aromatic N) is 2. The molecule has 2 heterocycles. The molecule has 0 atom stereocenters. The highest BCUT2D eigenvalue weighted by Gasteiger charge is 2.19. The molecule has 0 N–H and O–H groups in total. The Morgan fingerprint density at radius 3 is 1.68 bits per heavy atom. The number of benzene rings is 10. The van der Waals surface area contributed by atoms with Crippen LogP contribution in [0.1, 0.15) is 0 Å². The average Bonchev–Trinajstić information content (AvgIpc) is 3.91. The van der Waals surface area contributed by atoms with E-state index in [0.29, 0.717) is 0 Å². The zero-order valence-electron chi connectivity index (χ0n) is 34.4. The monoisotopic (exact) mass is 804 g/mol. The Morgan fingerprint density at radius 2 is 0.857 bits per heavy atom. The van der Waals surface area contributed by atoms with Gasteiger partial charge in [-0.3, -0.25) is 0 Å². The van der Waals surface area contributed by atoms with Crippen molar-refractivity contribution in [2.75, 3.05) is 4.90 Å². The predicted molar refractivity (Wildman–Crippen MR) is 264 cm³/mol. The van der Waals surface area contributed by atoms with Gasteiger partial charge in [-0.05, 0) is 112 Å². The summed E-state index contributed by atoms with van der Waals surface area (Å²) in [6.45, 7) is 0. The molecule has 0 unspecified atom stereocenters. The van der Waals surface area contributed by atoms with Crippen molar-refractivity contribution in [2.45, 2.75) is 0 Å². The second kappa shape index (κ2) is 15.3. The van der Waals surface area contributed by atoms with Crippen LogP contribution in [-0.2, 0) is 0 Å². The van der Waals surface area contributed by atoms with Gasteiger partial charge in [-0.1, -0.05) is 170 Å². The lowest BCUT2D eigenvalue weighted by atomic mass is 9.94.